The third kappa shape index (κ3) is 5.29. The minimum absolute atomic E-state index is 0.259. The molecule has 1 unspecified atom stereocenters. The second kappa shape index (κ2) is 5.30. The molecule has 0 aromatic heterocycles. The largest absolute Gasteiger partial charge is 0.464 e. The first-order valence-electron chi connectivity index (χ1n) is 3.49. The fourth-order valence-electron chi connectivity index (χ4n) is 0.433. The van der Waals surface area contributed by atoms with Crippen LogP contribution in [0.4, 0.5) is 0 Å². The van der Waals surface area contributed by atoms with Crippen LogP contribution in [-0.4, -0.2) is 37.3 Å². The number of aliphatic hydroxyl groups is 1. The second-order valence-electron chi connectivity index (χ2n) is 2.23. The minimum Gasteiger partial charge on any atom is -0.464 e. The summed E-state index contributed by atoms with van der Waals surface area (Å²) in [6, 6.07) is 0. The van der Waals surface area contributed by atoms with Gasteiger partial charge in [-0.05, 0) is 6.92 Å². The lowest BCUT2D eigenvalue weighted by Crippen LogP contribution is -2.11. The van der Waals surface area contributed by atoms with Crippen molar-refractivity contribution < 1.29 is 23.7 Å². The van der Waals surface area contributed by atoms with E-state index in [2.05, 4.69) is 9.26 Å². The van der Waals surface area contributed by atoms with Gasteiger partial charge in [0.1, 0.15) is 6.35 Å². The molecule has 0 heterocycles. The van der Waals surface area contributed by atoms with E-state index in [1.807, 2.05) is 0 Å². The first kappa shape index (κ1) is 11.6. The van der Waals surface area contributed by atoms with E-state index in [-0.39, 0.29) is 13.2 Å². The Bertz CT molecular complexity index is 190. The van der Waals surface area contributed by atoms with Gasteiger partial charge in [-0.1, -0.05) is 0 Å². The molecule has 0 spiro atoms. The van der Waals surface area contributed by atoms with Crippen molar-refractivity contribution in [3.05, 3.63) is 0 Å². The Morgan fingerprint density at radius 1 is 1.58 bits per heavy atom. The number of carbonyl (C=O) groups is 1. The van der Waals surface area contributed by atoms with Crippen molar-refractivity contribution in [2.45, 2.75) is 6.92 Å². The third-order valence-corrected chi connectivity index (χ3v) is 2.21. The maximum atomic E-state index is 11.0. The molecule has 0 aliphatic heterocycles. The molecule has 0 rings (SSSR count). The molecule has 0 aromatic rings. The van der Waals surface area contributed by atoms with Crippen LogP contribution in [0, 0.1) is 0 Å². The summed E-state index contributed by atoms with van der Waals surface area (Å²) >= 11 is 0. The number of esters is 1. The smallest absolute Gasteiger partial charge is 0.332 e. The fourth-order valence-corrected chi connectivity index (χ4v) is 0.893. The van der Waals surface area contributed by atoms with Crippen LogP contribution in [-0.2, 0) is 18.6 Å². The molecule has 0 aliphatic carbocycles. The van der Waals surface area contributed by atoms with Gasteiger partial charge < -0.3 is 14.4 Å². The topological polar surface area (TPSA) is 72.8 Å². The van der Waals surface area contributed by atoms with Crippen LogP contribution in [0.2, 0.25) is 0 Å². The zero-order valence-corrected chi connectivity index (χ0v) is 8.04. The summed E-state index contributed by atoms with van der Waals surface area (Å²) < 4.78 is 20.2. The minimum atomic E-state index is -3.00. The maximum absolute atomic E-state index is 11.0. The molecule has 1 atom stereocenters. The van der Waals surface area contributed by atoms with Crippen molar-refractivity contribution in [3.8, 4) is 0 Å². The van der Waals surface area contributed by atoms with E-state index in [9.17, 15) is 9.36 Å². The maximum Gasteiger partial charge on any atom is 0.332 e. The van der Waals surface area contributed by atoms with E-state index in [1.54, 1.807) is 6.92 Å². The lowest BCUT2D eigenvalue weighted by Gasteiger charge is -2.09. The summed E-state index contributed by atoms with van der Waals surface area (Å²) in [5.74, 6) is -0.576. The summed E-state index contributed by atoms with van der Waals surface area (Å²) in [6.07, 6.45) is -0.563. The molecule has 5 nitrogen and oxygen atoms in total. The molecular weight excluding hydrogens is 183 g/mol. The quantitative estimate of drug-likeness (QED) is 0.509. The summed E-state index contributed by atoms with van der Waals surface area (Å²) in [5, 5.41) is 8.50. The van der Waals surface area contributed by atoms with E-state index < -0.39 is 19.7 Å². The molecule has 0 radical (unpaired) electrons. The molecule has 12 heavy (non-hydrogen) atoms. The molecule has 0 saturated heterocycles. The van der Waals surface area contributed by atoms with E-state index >= 15 is 0 Å². The molecule has 0 amide bonds. The average molecular weight is 196 g/mol. The van der Waals surface area contributed by atoms with Crippen molar-refractivity contribution in [2.24, 2.45) is 0 Å². The Kier molecular flexibility index (Phi) is 5.13. The number of aliphatic hydroxyl groups excluding tert-OH is 1. The lowest BCUT2D eigenvalue weighted by molar-refractivity contribution is -0.145. The first-order valence-corrected chi connectivity index (χ1v) is 5.75. The molecule has 0 aliphatic rings. The summed E-state index contributed by atoms with van der Waals surface area (Å²) in [6.45, 7) is 2.80. The highest BCUT2D eigenvalue weighted by molar-refractivity contribution is 7.57. The van der Waals surface area contributed by atoms with Gasteiger partial charge in [-0.3, -0.25) is 4.57 Å². The highest BCUT2D eigenvalue weighted by Gasteiger charge is 2.16. The standard InChI is InChI=1S/C6H13O5P/c1-3-10-6(8)4-11-12(2,9)5-7/h7H,3-5H2,1-2H3. The Balaban J connectivity index is 3.68. The first-order chi connectivity index (χ1) is 5.52. The number of hydrogen-bond donors (Lipinski definition) is 1. The van der Waals surface area contributed by atoms with Gasteiger partial charge in [-0.25, -0.2) is 4.79 Å². The predicted octanol–water partition coefficient (Wildman–Crippen LogP) is 0.424. The van der Waals surface area contributed by atoms with Crippen molar-refractivity contribution in [1.82, 2.24) is 0 Å². The van der Waals surface area contributed by atoms with Crippen molar-refractivity contribution in [2.75, 3.05) is 26.2 Å². The zero-order valence-electron chi connectivity index (χ0n) is 7.15. The van der Waals surface area contributed by atoms with Crippen LogP contribution in [0.3, 0.4) is 0 Å². The van der Waals surface area contributed by atoms with Gasteiger partial charge in [0.25, 0.3) is 0 Å². The number of hydrogen-bond acceptors (Lipinski definition) is 5. The van der Waals surface area contributed by atoms with E-state index in [1.165, 1.54) is 6.66 Å². The van der Waals surface area contributed by atoms with Gasteiger partial charge in [0, 0.05) is 6.66 Å². The molecule has 0 aromatic carbocycles. The molecule has 0 fully saturated rings. The lowest BCUT2D eigenvalue weighted by atomic mass is 10.7. The van der Waals surface area contributed by atoms with Crippen molar-refractivity contribution in [1.29, 1.82) is 0 Å². The van der Waals surface area contributed by atoms with Crippen LogP contribution < -0.4 is 0 Å². The van der Waals surface area contributed by atoms with Gasteiger partial charge in [-0.2, -0.15) is 0 Å². The molecule has 0 saturated carbocycles. The van der Waals surface area contributed by atoms with E-state index in [0.717, 1.165) is 0 Å². The van der Waals surface area contributed by atoms with Gasteiger partial charge >= 0.3 is 5.97 Å². The second-order valence-corrected chi connectivity index (χ2v) is 4.80. The monoisotopic (exact) mass is 196 g/mol. The number of rotatable bonds is 5. The highest BCUT2D eigenvalue weighted by Crippen LogP contribution is 2.40. The third-order valence-electron chi connectivity index (χ3n) is 1.02. The zero-order chi connectivity index (χ0) is 9.61. The molecule has 1 N–H and O–H groups in total. The fraction of sp³-hybridized carbons (Fsp3) is 0.833. The average Bonchev–Trinajstić information content (AvgIpc) is 2.02. The summed E-state index contributed by atoms with van der Waals surface area (Å²) in [5.41, 5.74) is 0. The molecule has 6 heteroatoms. The van der Waals surface area contributed by atoms with Gasteiger partial charge in [0.05, 0.1) is 6.61 Å². The van der Waals surface area contributed by atoms with Crippen LogP contribution in [0.5, 0.6) is 0 Å². The predicted molar refractivity (Wildman–Crippen MR) is 43.2 cm³/mol. The molecule has 0 bridgehead atoms. The van der Waals surface area contributed by atoms with Crippen molar-refractivity contribution in [3.63, 3.8) is 0 Å². The van der Waals surface area contributed by atoms with Crippen LogP contribution in [0.1, 0.15) is 6.92 Å². The highest BCUT2D eigenvalue weighted by atomic mass is 31.2. The summed E-state index contributed by atoms with van der Waals surface area (Å²) in [4.78, 5) is 10.7. The van der Waals surface area contributed by atoms with E-state index in [0.29, 0.717) is 0 Å². The molecule has 72 valence electrons. The Morgan fingerprint density at radius 2 is 2.17 bits per heavy atom. The van der Waals surface area contributed by atoms with Gasteiger partial charge in [0.15, 0.2) is 6.61 Å². The van der Waals surface area contributed by atoms with Crippen LogP contribution >= 0.6 is 7.37 Å². The van der Waals surface area contributed by atoms with Gasteiger partial charge in [0.2, 0.25) is 7.37 Å². The Hall–Kier alpha value is -0.380. The number of ether oxygens (including phenoxy) is 1. The Morgan fingerprint density at radius 3 is 2.58 bits per heavy atom. The van der Waals surface area contributed by atoms with Crippen LogP contribution in [0.25, 0.3) is 0 Å². The SMILES string of the molecule is CCOC(=O)COP(C)(=O)CO. The van der Waals surface area contributed by atoms with Gasteiger partial charge in [-0.15, -0.1) is 0 Å². The Labute approximate surface area is 71.1 Å². The number of carbonyl (C=O) groups excluding carboxylic acids is 1. The van der Waals surface area contributed by atoms with Crippen LogP contribution in [0.15, 0.2) is 0 Å². The molecular formula is C6H13O5P. The van der Waals surface area contributed by atoms with E-state index in [4.69, 9.17) is 5.11 Å². The van der Waals surface area contributed by atoms with Crippen molar-refractivity contribution >= 4 is 13.3 Å². The normalized spacial score (nSPS) is 15.2. The summed E-state index contributed by atoms with van der Waals surface area (Å²) in [7, 11) is -3.00.